The van der Waals surface area contributed by atoms with Crippen molar-refractivity contribution in [3.8, 4) is 11.5 Å². The summed E-state index contributed by atoms with van der Waals surface area (Å²) in [5, 5.41) is 29.8. The normalized spacial score (nSPS) is 11.2. The first-order valence-corrected chi connectivity index (χ1v) is 5.14. The van der Waals surface area contributed by atoms with E-state index < -0.39 is 0 Å². The van der Waals surface area contributed by atoms with E-state index >= 15 is 0 Å². The van der Waals surface area contributed by atoms with Gasteiger partial charge in [0.15, 0.2) is 5.75 Å². The van der Waals surface area contributed by atoms with Crippen LogP contribution >= 0.6 is 23.2 Å². The number of phenols is 2. The Kier molecular flexibility index (Phi) is 3.16. The van der Waals surface area contributed by atoms with Crippen molar-refractivity contribution in [3.05, 3.63) is 34.3 Å². The second kappa shape index (κ2) is 4.60. The SMILES string of the molecule is Oc1c(Cl)cc(/C=N\n2cnnc2)c(O)c1Cl. The van der Waals surface area contributed by atoms with Crippen LogP contribution in [0.3, 0.4) is 0 Å². The molecule has 0 fully saturated rings. The summed E-state index contributed by atoms with van der Waals surface area (Å²) in [5.41, 5.74) is 0.270. The van der Waals surface area contributed by atoms with E-state index in [1.807, 2.05) is 0 Å². The van der Waals surface area contributed by atoms with Gasteiger partial charge >= 0.3 is 0 Å². The minimum atomic E-state index is -0.368. The van der Waals surface area contributed by atoms with Crippen LogP contribution in [0.15, 0.2) is 23.8 Å². The summed E-state index contributed by atoms with van der Waals surface area (Å²) in [6, 6.07) is 1.34. The molecule has 2 rings (SSSR count). The molecule has 0 aliphatic rings. The number of nitrogens with zero attached hydrogens (tertiary/aromatic N) is 4. The molecule has 0 aliphatic carbocycles. The Balaban J connectivity index is 2.40. The standard InChI is InChI=1S/C9H6Cl2N4O2/c10-6-1-5(8(16)7(11)9(6)17)2-14-15-3-12-13-4-15/h1-4,16-17H/b14-2-. The van der Waals surface area contributed by atoms with Gasteiger partial charge < -0.3 is 10.2 Å². The number of hydrogen-bond donors (Lipinski definition) is 2. The van der Waals surface area contributed by atoms with Gasteiger partial charge in [0.2, 0.25) is 0 Å². The summed E-state index contributed by atoms with van der Waals surface area (Å²) in [7, 11) is 0. The number of aromatic nitrogens is 3. The molecule has 88 valence electrons. The highest BCUT2D eigenvalue weighted by Gasteiger charge is 2.13. The van der Waals surface area contributed by atoms with Crippen molar-refractivity contribution in [2.75, 3.05) is 0 Å². The van der Waals surface area contributed by atoms with Gasteiger partial charge in [-0.3, -0.25) is 0 Å². The molecule has 0 unspecified atom stereocenters. The molecule has 0 aliphatic heterocycles. The molecule has 1 aromatic carbocycles. The number of halogens is 2. The summed E-state index contributed by atoms with van der Waals surface area (Å²) in [5.74, 6) is -0.669. The Hall–Kier alpha value is -1.79. The number of rotatable bonds is 2. The van der Waals surface area contributed by atoms with Crippen LogP contribution in [0.2, 0.25) is 10.0 Å². The van der Waals surface area contributed by atoms with Gasteiger partial charge in [0.05, 0.1) is 11.2 Å². The Morgan fingerprint density at radius 2 is 1.82 bits per heavy atom. The summed E-state index contributed by atoms with van der Waals surface area (Å²) in [6.45, 7) is 0. The monoisotopic (exact) mass is 272 g/mol. The Morgan fingerprint density at radius 1 is 1.18 bits per heavy atom. The molecule has 0 saturated carbocycles. The smallest absolute Gasteiger partial charge is 0.156 e. The van der Waals surface area contributed by atoms with E-state index in [1.54, 1.807) is 0 Å². The average Bonchev–Trinajstić information content (AvgIpc) is 2.82. The van der Waals surface area contributed by atoms with E-state index in [0.717, 1.165) is 0 Å². The van der Waals surface area contributed by atoms with Crippen LogP contribution in [0.1, 0.15) is 5.56 Å². The molecule has 0 saturated heterocycles. The molecule has 17 heavy (non-hydrogen) atoms. The van der Waals surface area contributed by atoms with E-state index in [9.17, 15) is 10.2 Å². The molecular weight excluding hydrogens is 267 g/mol. The van der Waals surface area contributed by atoms with Crippen LogP contribution in [0, 0.1) is 0 Å². The molecule has 1 aromatic heterocycles. The summed E-state index contributed by atoms with van der Waals surface area (Å²) >= 11 is 11.4. The number of hydrogen-bond acceptors (Lipinski definition) is 5. The molecule has 1 heterocycles. The van der Waals surface area contributed by atoms with Crippen LogP contribution in [0.5, 0.6) is 11.5 Å². The molecule has 6 nitrogen and oxygen atoms in total. The number of aromatic hydroxyl groups is 2. The van der Waals surface area contributed by atoms with Gasteiger partial charge in [-0.15, -0.1) is 10.2 Å². The maximum Gasteiger partial charge on any atom is 0.156 e. The predicted octanol–water partition coefficient (Wildman–Crippen LogP) is 1.88. The van der Waals surface area contributed by atoms with Gasteiger partial charge in [0, 0.05) is 5.56 Å². The molecule has 2 N–H and O–H groups in total. The molecule has 0 bridgehead atoms. The highest BCUT2D eigenvalue weighted by molar-refractivity contribution is 6.38. The summed E-state index contributed by atoms with van der Waals surface area (Å²) in [6.07, 6.45) is 4.06. The summed E-state index contributed by atoms with van der Waals surface area (Å²) in [4.78, 5) is 0. The molecule has 2 aromatic rings. The lowest BCUT2D eigenvalue weighted by Gasteiger charge is -2.05. The van der Waals surface area contributed by atoms with Crippen LogP contribution < -0.4 is 0 Å². The minimum absolute atomic E-state index is 0.0259. The van der Waals surface area contributed by atoms with E-state index in [1.165, 1.54) is 29.6 Å². The quantitative estimate of drug-likeness (QED) is 0.818. The van der Waals surface area contributed by atoms with E-state index in [4.69, 9.17) is 23.2 Å². The van der Waals surface area contributed by atoms with Crippen LogP contribution in [-0.2, 0) is 0 Å². The minimum Gasteiger partial charge on any atom is -0.506 e. The Labute approximate surface area is 106 Å². The number of benzene rings is 1. The van der Waals surface area contributed by atoms with Crippen molar-refractivity contribution in [3.63, 3.8) is 0 Å². The first kappa shape index (κ1) is 11.7. The zero-order chi connectivity index (χ0) is 12.4. The predicted molar refractivity (Wildman–Crippen MR) is 62.8 cm³/mol. The number of phenolic OH excluding ortho intramolecular Hbond substituents is 2. The maximum absolute atomic E-state index is 9.65. The van der Waals surface area contributed by atoms with E-state index in [2.05, 4.69) is 15.3 Å². The van der Waals surface area contributed by atoms with Crippen molar-refractivity contribution in [1.82, 2.24) is 14.9 Å². The molecule has 0 amide bonds. The molecular formula is C9H6Cl2N4O2. The maximum atomic E-state index is 9.65. The third-order valence-electron chi connectivity index (χ3n) is 1.93. The van der Waals surface area contributed by atoms with Crippen LogP contribution in [0.4, 0.5) is 0 Å². The van der Waals surface area contributed by atoms with Gasteiger partial charge in [-0.1, -0.05) is 23.2 Å². The molecule has 0 radical (unpaired) electrons. The Bertz CT molecular complexity index is 569. The molecule has 0 atom stereocenters. The zero-order valence-corrected chi connectivity index (χ0v) is 9.76. The fraction of sp³-hybridized carbons (Fsp3) is 0. The lowest BCUT2D eigenvalue weighted by atomic mass is 10.2. The average molecular weight is 273 g/mol. The van der Waals surface area contributed by atoms with Crippen molar-refractivity contribution in [2.45, 2.75) is 0 Å². The lowest BCUT2D eigenvalue weighted by molar-refractivity contribution is 0.450. The highest BCUT2D eigenvalue weighted by Crippen LogP contribution is 2.40. The molecule has 0 spiro atoms. The first-order chi connectivity index (χ1) is 8.09. The largest absolute Gasteiger partial charge is 0.506 e. The Morgan fingerprint density at radius 3 is 2.47 bits per heavy atom. The van der Waals surface area contributed by atoms with Gasteiger partial charge in [-0.05, 0) is 6.07 Å². The second-order valence-corrected chi connectivity index (χ2v) is 3.83. The first-order valence-electron chi connectivity index (χ1n) is 4.38. The van der Waals surface area contributed by atoms with Crippen LogP contribution in [-0.4, -0.2) is 31.3 Å². The van der Waals surface area contributed by atoms with Crippen molar-refractivity contribution in [1.29, 1.82) is 0 Å². The second-order valence-electron chi connectivity index (χ2n) is 3.05. The van der Waals surface area contributed by atoms with Gasteiger partial charge in [-0.2, -0.15) is 5.10 Å². The lowest BCUT2D eigenvalue weighted by Crippen LogP contribution is -1.89. The van der Waals surface area contributed by atoms with Crippen molar-refractivity contribution >= 4 is 29.4 Å². The van der Waals surface area contributed by atoms with Gasteiger partial charge in [0.1, 0.15) is 23.4 Å². The fourth-order valence-electron chi connectivity index (χ4n) is 1.10. The zero-order valence-electron chi connectivity index (χ0n) is 8.25. The van der Waals surface area contributed by atoms with Crippen molar-refractivity contribution < 1.29 is 10.2 Å². The third kappa shape index (κ3) is 2.32. The highest BCUT2D eigenvalue weighted by atomic mass is 35.5. The van der Waals surface area contributed by atoms with Gasteiger partial charge in [-0.25, -0.2) is 4.68 Å². The third-order valence-corrected chi connectivity index (χ3v) is 2.58. The van der Waals surface area contributed by atoms with Crippen molar-refractivity contribution in [2.24, 2.45) is 5.10 Å². The fourth-order valence-corrected chi connectivity index (χ4v) is 1.57. The van der Waals surface area contributed by atoms with E-state index in [0.29, 0.717) is 0 Å². The summed E-state index contributed by atoms with van der Waals surface area (Å²) < 4.78 is 1.33. The van der Waals surface area contributed by atoms with E-state index in [-0.39, 0.29) is 27.1 Å². The molecule has 8 heteroatoms. The van der Waals surface area contributed by atoms with Crippen LogP contribution in [0.25, 0.3) is 0 Å². The van der Waals surface area contributed by atoms with Gasteiger partial charge in [0.25, 0.3) is 0 Å². The topological polar surface area (TPSA) is 83.5 Å².